The first-order valence-corrected chi connectivity index (χ1v) is 6.93. The van der Waals surface area contributed by atoms with Crippen LogP contribution in [0.4, 0.5) is 13.2 Å². The van der Waals surface area contributed by atoms with Crippen molar-refractivity contribution in [1.82, 2.24) is 5.32 Å². The first-order valence-electron chi connectivity index (χ1n) is 6.93. The molecule has 2 rings (SSSR count). The van der Waals surface area contributed by atoms with Gasteiger partial charge in [-0.15, -0.1) is 0 Å². The highest BCUT2D eigenvalue weighted by atomic mass is 19.1. The second-order valence-corrected chi connectivity index (χ2v) is 5.35. The van der Waals surface area contributed by atoms with E-state index in [1.54, 1.807) is 7.05 Å². The van der Waals surface area contributed by atoms with Gasteiger partial charge >= 0.3 is 0 Å². The molecule has 1 fully saturated rings. The monoisotopic (exact) mass is 271 g/mol. The smallest absolute Gasteiger partial charge is 0.133 e. The van der Waals surface area contributed by atoms with E-state index in [9.17, 15) is 13.2 Å². The Morgan fingerprint density at radius 3 is 2.26 bits per heavy atom. The molecular formula is C15H20F3N. The predicted molar refractivity (Wildman–Crippen MR) is 69.3 cm³/mol. The number of rotatable bonds is 5. The van der Waals surface area contributed by atoms with Crippen molar-refractivity contribution in [3.63, 3.8) is 0 Å². The van der Waals surface area contributed by atoms with Crippen molar-refractivity contribution >= 4 is 0 Å². The molecule has 1 aromatic carbocycles. The number of nitrogens with one attached hydrogen (secondary N) is 1. The van der Waals surface area contributed by atoms with Crippen molar-refractivity contribution in [2.75, 3.05) is 7.05 Å². The van der Waals surface area contributed by atoms with Crippen molar-refractivity contribution in [2.24, 2.45) is 5.92 Å². The third kappa shape index (κ3) is 3.50. The molecule has 1 aromatic rings. The Morgan fingerprint density at radius 2 is 1.74 bits per heavy atom. The SMILES string of the molecule is CNC(CCC1CCCC1)c1c(F)cc(F)cc1F. The van der Waals surface area contributed by atoms with Gasteiger partial charge in [-0.2, -0.15) is 0 Å². The van der Waals surface area contributed by atoms with Crippen LogP contribution in [-0.4, -0.2) is 7.05 Å². The molecule has 0 spiro atoms. The van der Waals surface area contributed by atoms with E-state index < -0.39 is 17.5 Å². The van der Waals surface area contributed by atoms with Crippen LogP contribution >= 0.6 is 0 Å². The Kier molecular flexibility index (Phi) is 4.86. The molecule has 1 unspecified atom stereocenters. The lowest BCUT2D eigenvalue weighted by molar-refractivity contribution is 0.403. The summed E-state index contributed by atoms with van der Waals surface area (Å²) in [4.78, 5) is 0. The van der Waals surface area contributed by atoms with Crippen LogP contribution in [0.1, 0.15) is 50.1 Å². The van der Waals surface area contributed by atoms with Crippen LogP contribution in [0.5, 0.6) is 0 Å². The fraction of sp³-hybridized carbons (Fsp3) is 0.600. The molecule has 4 heteroatoms. The van der Waals surface area contributed by atoms with Gasteiger partial charge in [0.25, 0.3) is 0 Å². The zero-order chi connectivity index (χ0) is 13.8. The van der Waals surface area contributed by atoms with Crippen LogP contribution < -0.4 is 5.32 Å². The van der Waals surface area contributed by atoms with E-state index in [4.69, 9.17) is 0 Å². The molecule has 0 aliphatic heterocycles. The highest BCUT2D eigenvalue weighted by Crippen LogP contribution is 2.32. The molecule has 1 nitrogen and oxygen atoms in total. The van der Waals surface area contributed by atoms with Gasteiger partial charge in [0, 0.05) is 23.7 Å². The Bertz CT molecular complexity index is 404. The molecular weight excluding hydrogens is 251 g/mol. The van der Waals surface area contributed by atoms with E-state index in [0.717, 1.165) is 18.6 Å². The van der Waals surface area contributed by atoms with Crippen LogP contribution in [-0.2, 0) is 0 Å². The lowest BCUT2D eigenvalue weighted by Gasteiger charge is -2.20. The van der Waals surface area contributed by atoms with E-state index in [0.29, 0.717) is 12.3 Å². The lowest BCUT2D eigenvalue weighted by Crippen LogP contribution is -2.20. The summed E-state index contributed by atoms with van der Waals surface area (Å²) in [6.45, 7) is 0. The number of halogens is 3. The minimum atomic E-state index is -0.871. The molecule has 0 aromatic heterocycles. The molecule has 0 bridgehead atoms. The maximum atomic E-state index is 13.7. The molecule has 0 radical (unpaired) electrons. The topological polar surface area (TPSA) is 12.0 Å². The zero-order valence-corrected chi connectivity index (χ0v) is 11.2. The molecule has 1 aliphatic carbocycles. The highest BCUT2D eigenvalue weighted by molar-refractivity contribution is 5.24. The van der Waals surface area contributed by atoms with Crippen molar-refractivity contribution in [1.29, 1.82) is 0 Å². The second-order valence-electron chi connectivity index (χ2n) is 5.35. The highest BCUT2D eigenvalue weighted by Gasteiger charge is 2.22. The minimum Gasteiger partial charge on any atom is -0.313 e. The summed E-state index contributed by atoms with van der Waals surface area (Å²) >= 11 is 0. The summed E-state index contributed by atoms with van der Waals surface area (Å²) in [6.07, 6.45) is 6.58. The average molecular weight is 271 g/mol. The van der Waals surface area contributed by atoms with Gasteiger partial charge in [-0.3, -0.25) is 0 Å². The van der Waals surface area contributed by atoms with Crippen LogP contribution in [0.15, 0.2) is 12.1 Å². The average Bonchev–Trinajstić information content (AvgIpc) is 2.85. The van der Waals surface area contributed by atoms with Crippen molar-refractivity contribution in [3.05, 3.63) is 35.1 Å². The van der Waals surface area contributed by atoms with E-state index in [-0.39, 0.29) is 11.6 Å². The molecule has 1 atom stereocenters. The molecule has 1 saturated carbocycles. The second kappa shape index (κ2) is 6.42. The Labute approximate surface area is 112 Å². The van der Waals surface area contributed by atoms with Crippen molar-refractivity contribution in [3.8, 4) is 0 Å². The summed E-state index contributed by atoms with van der Waals surface area (Å²) in [7, 11) is 1.68. The maximum Gasteiger partial charge on any atom is 0.133 e. The largest absolute Gasteiger partial charge is 0.313 e. The summed E-state index contributed by atoms with van der Waals surface area (Å²) in [6, 6.07) is 1.11. The Morgan fingerprint density at radius 1 is 1.16 bits per heavy atom. The fourth-order valence-corrected chi connectivity index (χ4v) is 3.02. The summed E-state index contributed by atoms with van der Waals surface area (Å²) in [5.74, 6) is -1.81. The number of hydrogen-bond acceptors (Lipinski definition) is 1. The molecule has 0 saturated heterocycles. The fourth-order valence-electron chi connectivity index (χ4n) is 3.02. The predicted octanol–water partition coefficient (Wildman–Crippen LogP) is 4.33. The number of benzene rings is 1. The maximum absolute atomic E-state index is 13.7. The van der Waals surface area contributed by atoms with E-state index in [1.165, 1.54) is 25.7 Å². The third-order valence-corrected chi connectivity index (χ3v) is 4.08. The normalized spacial score (nSPS) is 17.9. The quantitative estimate of drug-likeness (QED) is 0.840. The standard InChI is InChI=1S/C15H20F3N/c1-19-14(7-6-10-4-2-3-5-10)15-12(17)8-11(16)9-13(15)18/h8-10,14,19H,2-7H2,1H3. The van der Waals surface area contributed by atoms with E-state index in [1.807, 2.05) is 0 Å². The molecule has 106 valence electrons. The summed E-state index contributed by atoms with van der Waals surface area (Å²) in [5.41, 5.74) is -0.0399. The van der Waals surface area contributed by atoms with Gasteiger partial charge < -0.3 is 5.32 Å². The zero-order valence-electron chi connectivity index (χ0n) is 11.2. The van der Waals surface area contributed by atoms with Gasteiger partial charge in [-0.1, -0.05) is 25.7 Å². The summed E-state index contributed by atoms with van der Waals surface area (Å²) in [5, 5.41) is 2.94. The first-order chi connectivity index (χ1) is 9.11. The van der Waals surface area contributed by atoms with Gasteiger partial charge in [-0.25, -0.2) is 13.2 Å². The van der Waals surface area contributed by atoms with E-state index in [2.05, 4.69) is 5.32 Å². The van der Waals surface area contributed by atoms with Gasteiger partial charge in [0.1, 0.15) is 17.5 Å². The van der Waals surface area contributed by atoms with Crippen LogP contribution in [0.25, 0.3) is 0 Å². The number of hydrogen-bond donors (Lipinski definition) is 1. The molecule has 0 amide bonds. The van der Waals surface area contributed by atoms with E-state index >= 15 is 0 Å². The Hall–Kier alpha value is -1.03. The van der Waals surface area contributed by atoms with Crippen molar-refractivity contribution in [2.45, 2.75) is 44.6 Å². The molecule has 1 aliphatic rings. The first kappa shape index (κ1) is 14.4. The van der Waals surface area contributed by atoms with Crippen LogP contribution in [0.3, 0.4) is 0 Å². The third-order valence-electron chi connectivity index (χ3n) is 4.08. The lowest BCUT2D eigenvalue weighted by atomic mass is 9.94. The van der Waals surface area contributed by atoms with Gasteiger partial charge in [0.15, 0.2) is 0 Å². The molecule has 19 heavy (non-hydrogen) atoms. The van der Waals surface area contributed by atoms with Gasteiger partial charge in [0.05, 0.1) is 0 Å². The Balaban J connectivity index is 2.08. The van der Waals surface area contributed by atoms with Crippen LogP contribution in [0.2, 0.25) is 0 Å². The van der Waals surface area contributed by atoms with Crippen molar-refractivity contribution < 1.29 is 13.2 Å². The molecule has 1 N–H and O–H groups in total. The van der Waals surface area contributed by atoms with Gasteiger partial charge in [-0.05, 0) is 25.8 Å². The summed E-state index contributed by atoms with van der Waals surface area (Å²) < 4.78 is 40.4. The molecule has 0 heterocycles. The minimum absolute atomic E-state index is 0.0399. The van der Waals surface area contributed by atoms with Crippen LogP contribution in [0, 0.1) is 23.4 Å². The van der Waals surface area contributed by atoms with Gasteiger partial charge in [0.2, 0.25) is 0 Å².